The normalized spacial score (nSPS) is 16.9. The maximum atomic E-state index is 5.65. The van der Waals surface area contributed by atoms with Crippen molar-refractivity contribution in [3.63, 3.8) is 0 Å². The lowest BCUT2D eigenvalue weighted by molar-refractivity contribution is 0.201. The van der Waals surface area contributed by atoms with Crippen LogP contribution < -0.4 is 11.1 Å². The van der Waals surface area contributed by atoms with Crippen LogP contribution in [0.25, 0.3) is 0 Å². The van der Waals surface area contributed by atoms with E-state index in [1.54, 1.807) is 0 Å². The topological polar surface area (TPSA) is 38.0 Å². The van der Waals surface area contributed by atoms with Crippen molar-refractivity contribution in [1.82, 2.24) is 5.32 Å². The lowest BCUT2D eigenvalue weighted by Gasteiger charge is -2.42. The van der Waals surface area contributed by atoms with E-state index >= 15 is 0 Å². The average molecular weight is 220 g/mol. The third-order valence-electron chi connectivity index (χ3n) is 3.15. The van der Waals surface area contributed by atoms with Crippen molar-refractivity contribution in [2.45, 2.75) is 45.1 Å². The smallest absolute Gasteiger partial charge is 0.0432 e. The van der Waals surface area contributed by atoms with Crippen LogP contribution in [-0.4, -0.2) is 7.05 Å². The van der Waals surface area contributed by atoms with Gasteiger partial charge in [0.05, 0.1) is 0 Å². The van der Waals surface area contributed by atoms with Crippen molar-refractivity contribution < 1.29 is 0 Å². The number of rotatable bonds is 2. The molecule has 0 heterocycles. The van der Waals surface area contributed by atoms with Gasteiger partial charge in [0, 0.05) is 11.2 Å². The molecule has 0 amide bonds. The van der Waals surface area contributed by atoms with Gasteiger partial charge < -0.3 is 11.1 Å². The molecule has 1 aromatic rings. The van der Waals surface area contributed by atoms with Gasteiger partial charge >= 0.3 is 0 Å². The van der Waals surface area contributed by atoms with Crippen molar-refractivity contribution in [2.24, 2.45) is 0 Å². The van der Waals surface area contributed by atoms with Gasteiger partial charge in [-0.2, -0.15) is 0 Å². The fraction of sp³-hybridized carbons (Fsp3) is 0.571. The first-order valence-electron chi connectivity index (χ1n) is 6.23. The molecule has 0 aromatic heterocycles. The summed E-state index contributed by atoms with van der Waals surface area (Å²) < 4.78 is 0. The number of anilines is 1. The summed E-state index contributed by atoms with van der Waals surface area (Å²) in [5, 5.41) is 3.41. The molecule has 0 saturated heterocycles. The number of nitrogens with two attached hydrogens (primary N) is 1. The highest BCUT2D eigenvalue weighted by Gasteiger charge is 2.36. The van der Waals surface area contributed by atoms with Crippen molar-refractivity contribution in [3.8, 4) is 0 Å². The van der Waals surface area contributed by atoms with E-state index in [0.717, 1.165) is 5.69 Å². The Labute approximate surface area is 99.2 Å². The Morgan fingerprint density at radius 2 is 1.69 bits per heavy atom. The first kappa shape index (κ1) is 13.0. The first-order chi connectivity index (χ1) is 7.68. The Hall–Kier alpha value is -1.02. The van der Waals surface area contributed by atoms with Crippen LogP contribution in [-0.2, 0) is 5.54 Å². The van der Waals surface area contributed by atoms with E-state index in [0.29, 0.717) is 0 Å². The van der Waals surface area contributed by atoms with Crippen molar-refractivity contribution in [3.05, 3.63) is 29.8 Å². The summed E-state index contributed by atoms with van der Waals surface area (Å²) in [6.07, 6.45) is 5.06. The average Bonchev–Trinajstić information content (AvgIpc) is 2.21. The van der Waals surface area contributed by atoms with Crippen LogP contribution in [0.5, 0.6) is 0 Å². The van der Waals surface area contributed by atoms with Crippen molar-refractivity contribution in [2.75, 3.05) is 12.8 Å². The molecule has 0 radical (unpaired) electrons. The molecular weight excluding hydrogens is 196 g/mol. The lowest BCUT2D eigenvalue weighted by Crippen LogP contribution is -2.45. The molecule has 1 saturated carbocycles. The monoisotopic (exact) mass is 220 g/mol. The van der Waals surface area contributed by atoms with E-state index in [-0.39, 0.29) is 5.54 Å². The van der Waals surface area contributed by atoms with Gasteiger partial charge in [0.25, 0.3) is 0 Å². The zero-order valence-corrected chi connectivity index (χ0v) is 10.7. The molecular formula is C14H24N2. The SMILES string of the molecule is CCC.CNC1(c2ccc(N)cc2)CCC1. The van der Waals surface area contributed by atoms with Crippen molar-refractivity contribution >= 4 is 5.69 Å². The second kappa shape index (κ2) is 5.90. The summed E-state index contributed by atoms with van der Waals surface area (Å²) in [4.78, 5) is 0. The summed E-state index contributed by atoms with van der Waals surface area (Å²) in [6.45, 7) is 4.25. The van der Waals surface area contributed by atoms with E-state index in [9.17, 15) is 0 Å². The maximum absolute atomic E-state index is 5.65. The molecule has 1 fully saturated rings. The fourth-order valence-electron chi connectivity index (χ4n) is 2.02. The lowest BCUT2D eigenvalue weighted by atomic mass is 9.72. The molecule has 90 valence electrons. The van der Waals surface area contributed by atoms with E-state index < -0.39 is 0 Å². The van der Waals surface area contributed by atoms with Crippen LogP contribution in [0, 0.1) is 0 Å². The maximum Gasteiger partial charge on any atom is 0.0432 e. The summed E-state index contributed by atoms with van der Waals surface area (Å²) in [5.74, 6) is 0. The van der Waals surface area contributed by atoms with Crippen LogP contribution in [0.1, 0.15) is 45.1 Å². The summed E-state index contributed by atoms with van der Waals surface area (Å²) >= 11 is 0. The quantitative estimate of drug-likeness (QED) is 0.751. The largest absolute Gasteiger partial charge is 0.399 e. The standard InChI is InChI=1S/C11H16N2.C3H8/c1-13-11(7-2-8-11)9-3-5-10(12)6-4-9;1-3-2/h3-6,13H,2,7-8,12H2,1H3;3H2,1-2H3. The van der Waals surface area contributed by atoms with Gasteiger partial charge in [0.1, 0.15) is 0 Å². The van der Waals surface area contributed by atoms with Gasteiger partial charge in [-0.3, -0.25) is 0 Å². The molecule has 0 spiro atoms. The van der Waals surface area contributed by atoms with Crippen LogP contribution in [0.15, 0.2) is 24.3 Å². The first-order valence-corrected chi connectivity index (χ1v) is 6.23. The summed E-state index contributed by atoms with van der Waals surface area (Å²) in [6, 6.07) is 8.22. The Kier molecular flexibility index (Phi) is 4.81. The Morgan fingerprint density at radius 1 is 1.19 bits per heavy atom. The van der Waals surface area contributed by atoms with E-state index in [1.807, 2.05) is 19.2 Å². The van der Waals surface area contributed by atoms with Crippen LogP contribution >= 0.6 is 0 Å². The molecule has 0 atom stereocenters. The third-order valence-corrected chi connectivity index (χ3v) is 3.15. The van der Waals surface area contributed by atoms with E-state index in [1.165, 1.54) is 31.2 Å². The van der Waals surface area contributed by atoms with Crippen LogP contribution in [0.4, 0.5) is 5.69 Å². The second-order valence-electron chi connectivity index (χ2n) is 4.51. The highest BCUT2D eigenvalue weighted by molar-refractivity contribution is 5.41. The molecule has 1 aromatic carbocycles. The van der Waals surface area contributed by atoms with Crippen LogP contribution in [0.2, 0.25) is 0 Å². The molecule has 0 unspecified atom stereocenters. The number of nitrogens with one attached hydrogen (secondary N) is 1. The van der Waals surface area contributed by atoms with Gasteiger partial charge in [-0.25, -0.2) is 0 Å². The molecule has 1 aliphatic carbocycles. The van der Waals surface area contributed by atoms with Gasteiger partial charge in [0.2, 0.25) is 0 Å². The molecule has 0 aliphatic heterocycles. The second-order valence-corrected chi connectivity index (χ2v) is 4.51. The predicted octanol–water partition coefficient (Wildman–Crippen LogP) is 3.28. The minimum absolute atomic E-state index is 0.244. The van der Waals surface area contributed by atoms with E-state index in [4.69, 9.17) is 5.73 Å². The summed E-state index contributed by atoms with van der Waals surface area (Å²) in [5.41, 5.74) is 8.11. The van der Waals surface area contributed by atoms with Crippen LogP contribution in [0.3, 0.4) is 0 Å². The number of nitrogen functional groups attached to an aromatic ring is 1. The molecule has 3 N–H and O–H groups in total. The molecule has 16 heavy (non-hydrogen) atoms. The molecule has 2 nitrogen and oxygen atoms in total. The zero-order valence-electron chi connectivity index (χ0n) is 10.7. The summed E-state index contributed by atoms with van der Waals surface area (Å²) in [7, 11) is 2.04. The third kappa shape index (κ3) is 2.76. The number of hydrogen-bond donors (Lipinski definition) is 2. The predicted molar refractivity (Wildman–Crippen MR) is 71.4 cm³/mol. The molecule has 2 heteroatoms. The molecule has 1 aliphatic rings. The highest BCUT2D eigenvalue weighted by atomic mass is 15.0. The fourth-order valence-corrected chi connectivity index (χ4v) is 2.02. The number of hydrogen-bond acceptors (Lipinski definition) is 2. The minimum Gasteiger partial charge on any atom is -0.399 e. The van der Waals surface area contributed by atoms with Crippen molar-refractivity contribution in [1.29, 1.82) is 0 Å². The Morgan fingerprint density at radius 3 is 2.00 bits per heavy atom. The Balaban J connectivity index is 0.000000386. The number of benzene rings is 1. The molecule has 2 rings (SSSR count). The zero-order chi connectivity index (χ0) is 12.0. The Bertz CT molecular complexity index is 294. The van der Waals surface area contributed by atoms with E-state index in [2.05, 4.69) is 31.3 Å². The van der Waals surface area contributed by atoms with Gasteiger partial charge in [-0.15, -0.1) is 0 Å². The molecule has 0 bridgehead atoms. The van der Waals surface area contributed by atoms with Gasteiger partial charge in [-0.05, 0) is 44.0 Å². The highest BCUT2D eigenvalue weighted by Crippen LogP contribution is 2.40. The van der Waals surface area contributed by atoms with Gasteiger partial charge in [0.15, 0.2) is 0 Å². The van der Waals surface area contributed by atoms with Gasteiger partial charge in [-0.1, -0.05) is 32.4 Å². The minimum atomic E-state index is 0.244.